The average Bonchev–Trinajstić information content (AvgIpc) is 2.27. The third-order valence-corrected chi connectivity index (χ3v) is 3.07. The summed E-state index contributed by atoms with van der Waals surface area (Å²) >= 11 is 4.44. The first kappa shape index (κ1) is 12.6. The fourth-order valence-corrected chi connectivity index (χ4v) is 2.17. The van der Waals surface area contributed by atoms with Crippen LogP contribution in [0.15, 0.2) is 30.3 Å². The zero-order valence-corrected chi connectivity index (χ0v) is 10.6. The van der Waals surface area contributed by atoms with Crippen molar-refractivity contribution in [2.24, 2.45) is 0 Å². The van der Waals surface area contributed by atoms with E-state index in [2.05, 4.69) is 61.8 Å². The summed E-state index contributed by atoms with van der Waals surface area (Å²) in [5, 5.41) is 0. The van der Waals surface area contributed by atoms with Gasteiger partial charge in [0, 0.05) is 12.5 Å². The van der Waals surface area contributed by atoms with E-state index in [0.717, 1.165) is 18.8 Å². The number of hydrogen-bond acceptors (Lipinski definition) is 2. The maximum Gasteiger partial charge on any atom is 0.00551 e. The van der Waals surface area contributed by atoms with E-state index in [1.807, 2.05) is 0 Å². The van der Waals surface area contributed by atoms with Crippen LogP contribution in [0.4, 0.5) is 0 Å². The monoisotopic (exact) mass is 223 g/mol. The fraction of sp³-hybridized carbons (Fsp3) is 0.538. The van der Waals surface area contributed by atoms with Crippen molar-refractivity contribution < 1.29 is 0 Å². The molecule has 1 atom stereocenters. The molecule has 0 saturated carbocycles. The highest BCUT2D eigenvalue weighted by Crippen LogP contribution is 2.17. The van der Waals surface area contributed by atoms with E-state index >= 15 is 0 Å². The molecule has 0 radical (unpaired) electrons. The van der Waals surface area contributed by atoms with Crippen LogP contribution in [0.5, 0.6) is 0 Å². The summed E-state index contributed by atoms with van der Waals surface area (Å²) in [5.41, 5.74) is 1.40. The Labute approximate surface area is 98.9 Å². The van der Waals surface area contributed by atoms with Crippen LogP contribution in [-0.4, -0.2) is 30.8 Å². The number of rotatable bonds is 6. The number of thiol groups is 1. The Morgan fingerprint density at radius 1 is 1.27 bits per heavy atom. The standard InChI is InChI=1S/C13H21NS/c1-3-9-14(2)10-13(11-15)12-7-5-4-6-8-12/h4-8,13,15H,3,9-11H2,1-2H3. The third kappa shape index (κ3) is 4.27. The maximum atomic E-state index is 4.44. The highest BCUT2D eigenvalue weighted by Gasteiger charge is 2.11. The van der Waals surface area contributed by atoms with E-state index in [9.17, 15) is 0 Å². The fourth-order valence-electron chi connectivity index (χ4n) is 1.84. The Bertz CT molecular complexity index is 260. The molecule has 0 bridgehead atoms. The summed E-state index contributed by atoms with van der Waals surface area (Å²) < 4.78 is 0. The molecule has 0 amide bonds. The van der Waals surface area contributed by atoms with Gasteiger partial charge in [-0.05, 0) is 31.3 Å². The van der Waals surface area contributed by atoms with Crippen molar-refractivity contribution in [2.45, 2.75) is 19.3 Å². The van der Waals surface area contributed by atoms with Crippen molar-refractivity contribution >= 4 is 12.6 Å². The molecule has 1 unspecified atom stereocenters. The maximum absolute atomic E-state index is 4.44. The van der Waals surface area contributed by atoms with Crippen LogP contribution in [0, 0.1) is 0 Å². The van der Waals surface area contributed by atoms with Crippen LogP contribution < -0.4 is 0 Å². The second-order valence-corrected chi connectivity index (χ2v) is 4.42. The van der Waals surface area contributed by atoms with E-state index in [1.165, 1.54) is 12.0 Å². The van der Waals surface area contributed by atoms with E-state index in [-0.39, 0.29) is 0 Å². The number of benzene rings is 1. The summed E-state index contributed by atoms with van der Waals surface area (Å²) in [6.45, 7) is 4.48. The molecular formula is C13H21NS. The zero-order chi connectivity index (χ0) is 11.1. The van der Waals surface area contributed by atoms with Gasteiger partial charge in [0.2, 0.25) is 0 Å². The quantitative estimate of drug-likeness (QED) is 0.726. The normalized spacial score (nSPS) is 13.1. The summed E-state index contributed by atoms with van der Waals surface area (Å²) in [6, 6.07) is 10.7. The summed E-state index contributed by atoms with van der Waals surface area (Å²) in [4.78, 5) is 2.38. The molecular weight excluding hydrogens is 202 g/mol. The lowest BCUT2D eigenvalue weighted by Gasteiger charge is -2.22. The molecule has 84 valence electrons. The molecule has 0 spiro atoms. The van der Waals surface area contributed by atoms with Crippen molar-refractivity contribution in [3.8, 4) is 0 Å². The number of nitrogens with zero attached hydrogens (tertiary/aromatic N) is 1. The van der Waals surface area contributed by atoms with Crippen LogP contribution >= 0.6 is 12.6 Å². The molecule has 0 aromatic heterocycles. The first-order valence-corrected chi connectivity index (χ1v) is 6.25. The van der Waals surface area contributed by atoms with E-state index in [1.54, 1.807) is 0 Å². The van der Waals surface area contributed by atoms with Gasteiger partial charge < -0.3 is 4.90 Å². The van der Waals surface area contributed by atoms with Gasteiger partial charge in [-0.3, -0.25) is 0 Å². The smallest absolute Gasteiger partial charge is 0.00551 e. The lowest BCUT2D eigenvalue weighted by Crippen LogP contribution is -2.26. The first-order chi connectivity index (χ1) is 7.27. The summed E-state index contributed by atoms with van der Waals surface area (Å²) in [7, 11) is 2.18. The largest absolute Gasteiger partial charge is 0.306 e. The molecule has 2 heteroatoms. The predicted octanol–water partition coefficient (Wildman–Crippen LogP) is 3.04. The van der Waals surface area contributed by atoms with Crippen molar-refractivity contribution in [3.63, 3.8) is 0 Å². The molecule has 0 N–H and O–H groups in total. The van der Waals surface area contributed by atoms with Crippen LogP contribution in [0.25, 0.3) is 0 Å². The van der Waals surface area contributed by atoms with E-state index < -0.39 is 0 Å². The molecule has 1 aromatic rings. The second kappa shape index (κ2) is 6.91. The third-order valence-electron chi connectivity index (χ3n) is 2.63. The minimum atomic E-state index is 0.547. The Morgan fingerprint density at radius 2 is 1.93 bits per heavy atom. The van der Waals surface area contributed by atoms with Crippen LogP contribution in [0.2, 0.25) is 0 Å². The van der Waals surface area contributed by atoms with Gasteiger partial charge in [-0.2, -0.15) is 12.6 Å². The van der Waals surface area contributed by atoms with E-state index in [4.69, 9.17) is 0 Å². The molecule has 1 nitrogen and oxygen atoms in total. The molecule has 15 heavy (non-hydrogen) atoms. The predicted molar refractivity (Wildman–Crippen MR) is 70.8 cm³/mol. The molecule has 0 fully saturated rings. The minimum absolute atomic E-state index is 0.547. The number of hydrogen-bond donors (Lipinski definition) is 1. The topological polar surface area (TPSA) is 3.24 Å². The summed E-state index contributed by atoms with van der Waals surface area (Å²) in [5.74, 6) is 1.46. The Morgan fingerprint density at radius 3 is 2.47 bits per heavy atom. The Balaban J connectivity index is 2.56. The zero-order valence-electron chi connectivity index (χ0n) is 9.69. The number of likely N-dealkylation sites (N-methyl/N-ethyl adjacent to an activating group) is 1. The van der Waals surface area contributed by atoms with Gasteiger partial charge in [0.05, 0.1) is 0 Å². The molecule has 0 heterocycles. The van der Waals surface area contributed by atoms with Crippen LogP contribution in [0.3, 0.4) is 0 Å². The Kier molecular flexibility index (Phi) is 5.81. The molecule has 0 aliphatic carbocycles. The SMILES string of the molecule is CCCN(C)CC(CS)c1ccccc1. The lowest BCUT2D eigenvalue weighted by molar-refractivity contribution is 0.319. The average molecular weight is 223 g/mol. The molecule has 0 aliphatic rings. The highest BCUT2D eigenvalue weighted by molar-refractivity contribution is 7.80. The van der Waals surface area contributed by atoms with Crippen LogP contribution in [0.1, 0.15) is 24.8 Å². The second-order valence-electron chi connectivity index (χ2n) is 4.05. The van der Waals surface area contributed by atoms with Crippen molar-refractivity contribution in [3.05, 3.63) is 35.9 Å². The van der Waals surface area contributed by atoms with Gasteiger partial charge >= 0.3 is 0 Å². The Hall–Kier alpha value is -0.470. The van der Waals surface area contributed by atoms with Gasteiger partial charge in [0.1, 0.15) is 0 Å². The van der Waals surface area contributed by atoms with Crippen molar-refractivity contribution in [2.75, 3.05) is 25.9 Å². The summed E-state index contributed by atoms with van der Waals surface area (Å²) in [6.07, 6.45) is 1.21. The van der Waals surface area contributed by atoms with Gasteiger partial charge in [-0.25, -0.2) is 0 Å². The minimum Gasteiger partial charge on any atom is -0.306 e. The van der Waals surface area contributed by atoms with Gasteiger partial charge in [-0.1, -0.05) is 37.3 Å². The lowest BCUT2D eigenvalue weighted by atomic mass is 10.0. The first-order valence-electron chi connectivity index (χ1n) is 5.62. The van der Waals surface area contributed by atoms with Gasteiger partial charge in [0.15, 0.2) is 0 Å². The molecule has 1 aromatic carbocycles. The van der Waals surface area contributed by atoms with Crippen molar-refractivity contribution in [1.82, 2.24) is 4.90 Å². The van der Waals surface area contributed by atoms with Crippen molar-refractivity contribution in [1.29, 1.82) is 0 Å². The molecule has 0 aliphatic heterocycles. The van der Waals surface area contributed by atoms with Gasteiger partial charge in [-0.15, -0.1) is 0 Å². The molecule has 0 saturated heterocycles. The molecule has 1 rings (SSSR count). The van der Waals surface area contributed by atoms with E-state index in [0.29, 0.717) is 5.92 Å². The van der Waals surface area contributed by atoms with Gasteiger partial charge in [0.25, 0.3) is 0 Å². The van der Waals surface area contributed by atoms with Crippen LogP contribution in [-0.2, 0) is 0 Å². The highest BCUT2D eigenvalue weighted by atomic mass is 32.1.